The molecular weight excluding hydrogens is 213 g/mol. The number of hydrazone groups is 1. The van der Waals surface area contributed by atoms with Crippen LogP contribution < -0.4 is 27.2 Å². The molecular formula is C9H14FN5O. The Morgan fingerprint density at radius 2 is 2.25 bits per heavy atom. The fraction of sp³-hybridized carbons (Fsp3) is 0.222. The second kappa shape index (κ2) is 5.29. The number of ether oxygens (including phenoxy) is 1. The van der Waals surface area contributed by atoms with Gasteiger partial charge in [-0.05, 0) is 12.1 Å². The van der Waals surface area contributed by atoms with Gasteiger partial charge in [-0.2, -0.15) is 5.10 Å². The topological polar surface area (TPSA) is 103 Å². The maximum Gasteiger partial charge on any atom is 0.171 e. The first kappa shape index (κ1) is 12.2. The molecule has 1 aromatic carbocycles. The third kappa shape index (κ3) is 2.20. The Hall–Kier alpha value is -1.86. The van der Waals surface area contributed by atoms with Crippen LogP contribution in [0, 0.1) is 5.82 Å². The van der Waals surface area contributed by atoms with Crippen LogP contribution in [0.4, 0.5) is 10.1 Å². The lowest BCUT2D eigenvalue weighted by molar-refractivity contribution is 0.384. The summed E-state index contributed by atoms with van der Waals surface area (Å²) in [4.78, 5) is 0. The summed E-state index contributed by atoms with van der Waals surface area (Å²) in [7, 11) is 1.37. The standard InChI is InChI=1S/C9H14FN5O/c1-16-8-3-2-7(15(13)5-14-12)6(4-11)9(8)10/h2-3,5H,4,11-13H2,1H3/b14-5-. The van der Waals surface area contributed by atoms with Crippen molar-refractivity contribution in [2.45, 2.75) is 6.54 Å². The second-order valence-electron chi connectivity index (χ2n) is 2.96. The van der Waals surface area contributed by atoms with Gasteiger partial charge in [0.1, 0.15) is 6.34 Å². The number of benzene rings is 1. The van der Waals surface area contributed by atoms with E-state index in [9.17, 15) is 4.39 Å². The van der Waals surface area contributed by atoms with Crippen molar-refractivity contribution < 1.29 is 9.13 Å². The van der Waals surface area contributed by atoms with Crippen LogP contribution in [-0.4, -0.2) is 13.4 Å². The maximum absolute atomic E-state index is 13.8. The van der Waals surface area contributed by atoms with Gasteiger partial charge in [0, 0.05) is 12.1 Å². The fourth-order valence-corrected chi connectivity index (χ4v) is 1.32. The van der Waals surface area contributed by atoms with Gasteiger partial charge in [-0.15, -0.1) is 0 Å². The number of hydrazine groups is 1. The van der Waals surface area contributed by atoms with Crippen LogP contribution in [0.2, 0.25) is 0 Å². The summed E-state index contributed by atoms with van der Waals surface area (Å²) in [6.45, 7) is -0.00945. The Bertz CT molecular complexity index is 396. The third-order valence-electron chi connectivity index (χ3n) is 2.08. The highest BCUT2D eigenvalue weighted by molar-refractivity contribution is 5.79. The molecule has 6 nitrogen and oxygen atoms in total. The van der Waals surface area contributed by atoms with Crippen molar-refractivity contribution in [3.63, 3.8) is 0 Å². The number of hydrogen-bond donors (Lipinski definition) is 3. The van der Waals surface area contributed by atoms with Gasteiger partial charge in [0.05, 0.1) is 12.8 Å². The predicted octanol–water partition coefficient (Wildman–Crippen LogP) is -0.125. The minimum absolute atomic E-state index is 0.00945. The number of nitrogens with two attached hydrogens (primary N) is 3. The number of halogens is 1. The minimum atomic E-state index is -0.539. The molecule has 0 atom stereocenters. The molecule has 1 rings (SSSR count). The maximum atomic E-state index is 13.8. The van der Waals surface area contributed by atoms with E-state index >= 15 is 0 Å². The fourth-order valence-electron chi connectivity index (χ4n) is 1.32. The molecule has 0 radical (unpaired) electrons. The molecule has 16 heavy (non-hydrogen) atoms. The Balaban J connectivity index is 3.25. The Morgan fingerprint density at radius 3 is 2.75 bits per heavy atom. The average molecular weight is 227 g/mol. The van der Waals surface area contributed by atoms with E-state index in [0.29, 0.717) is 5.69 Å². The van der Waals surface area contributed by atoms with Gasteiger partial charge in [0.15, 0.2) is 11.6 Å². The molecule has 88 valence electrons. The SMILES string of the molecule is COc1ccc(N(N)/C=N\N)c(CN)c1F. The van der Waals surface area contributed by atoms with Gasteiger partial charge in [-0.1, -0.05) is 0 Å². The smallest absolute Gasteiger partial charge is 0.171 e. The zero-order valence-electron chi connectivity index (χ0n) is 8.85. The highest BCUT2D eigenvalue weighted by Gasteiger charge is 2.15. The van der Waals surface area contributed by atoms with E-state index in [1.54, 1.807) is 6.07 Å². The molecule has 1 aromatic rings. The largest absolute Gasteiger partial charge is 0.494 e. The molecule has 0 aliphatic rings. The Labute approximate surface area is 92.4 Å². The molecule has 0 aliphatic carbocycles. The van der Waals surface area contributed by atoms with Crippen molar-refractivity contribution in [2.24, 2.45) is 22.5 Å². The van der Waals surface area contributed by atoms with Crippen LogP contribution in [0.3, 0.4) is 0 Å². The lowest BCUT2D eigenvalue weighted by Crippen LogP contribution is -2.31. The molecule has 6 N–H and O–H groups in total. The first-order valence-electron chi connectivity index (χ1n) is 4.48. The molecule has 0 bridgehead atoms. The first-order valence-corrected chi connectivity index (χ1v) is 4.48. The first-order chi connectivity index (χ1) is 7.65. The van der Waals surface area contributed by atoms with Gasteiger partial charge in [-0.3, -0.25) is 5.01 Å². The van der Waals surface area contributed by atoms with E-state index in [1.165, 1.54) is 13.2 Å². The third-order valence-corrected chi connectivity index (χ3v) is 2.08. The van der Waals surface area contributed by atoms with Crippen LogP contribution in [-0.2, 0) is 6.54 Å². The van der Waals surface area contributed by atoms with E-state index < -0.39 is 5.82 Å². The summed E-state index contributed by atoms with van der Waals surface area (Å²) < 4.78 is 18.6. The predicted molar refractivity (Wildman–Crippen MR) is 60.2 cm³/mol. The number of nitrogens with zero attached hydrogens (tertiary/aromatic N) is 2. The van der Waals surface area contributed by atoms with Gasteiger partial charge in [0.25, 0.3) is 0 Å². The van der Waals surface area contributed by atoms with Crippen LogP contribution in [0.25, 0.3) is 0 Å². The summed E-state index contributed by atoms with van der Waals surface area (Å²) in [6, 6.07) is 3.03. The van der Waals surface area contributed by atoms with Crippen molar-refractivity contribution in [3.8, 4) is 5.75 Å². The highest BCUT2D eigenvalue weighted by atomic mass is 19.1. The molecule has 0 fully saturated rings. The number of methoxy groups -OCH3 is 1. The highest BCUT2D eigenvalue weighted by Crippen LogP contribution is 2.27. The number of hydrogen-bond acceptors (Lipinski definition) is 5. The molecule has 0 unspecified atom stereocenters. The Kier molecular flexibility index (Phi) is 4.03. The number of rotatable bonds is 4. The van der Waals surface area contributed by atoms with E-state index in [4.69, 9.17) is 22.2 Å². The van der Waals surface area contributed by atoms with Crippen molar-refractivity contribution >= 4 is 12.0 Å². The molecule has 0 amide bonds. The van der Waals surface area contributed by atoms with Crippen molar-refractivity contribution in [1.82, 2.24) is 0 Å². The number of anilines is 1. The van der Waals surface area contributed by atoms with E-state index in [1.807, 2.05) is 0 Å². The lowest BCUT2D eigenvalue weighted by Gasteiger charge is -2.17. The molecule has 0 aliphatic heterocycles. The second-order valence-corrected chi connectivity index (χ2v) is 2.96. The van der Waals surface area contributed by atoms with Crippen LogP contribution in [0.1, 0.15) is 5.56 Å². The van der Waals surface area contributed by atoms with Crippen LogP contribution in [0.5, 0.6) is 5.75 Å². The van der Waals surface area contributed by atoms with Crippen molar-refractivity contribution in [2.75, 3.05) is 12.1 Å². The minimum Gasteiger partial charge on any atom is -0.494 e. The summed E-state index contributed by atoms with van der Waals surface area (Å²) in [6.07, 6.45) is 1.15. The zero-order chi connectivity index (χ0) is 12.1. The van der Waals surface area contributed by atoms with Crippen LogP contribution >= 0.6 is 0 Å². The summed E-state index contributed by atoms with van der Waals surface area (Å²) in [5.74, 6) is 10.1. The lowest BCUT2D eigenvalue weighted by atomic mass is 10.1. The van der Waals surface area contributed by atoms with Gasteiger partial charge >= 0.3 is 0 Å². The van der Waals surface area contributed by atoms with Gasteiger partial charge < -0.3 is 16.3 Å². The van der Waals surface area contributed by atoms with Gasteiger partial charge in [0.2, 0.25) is 0 Å². The van der Waals surface area contributed by atoms with E-state index in [0.717, 1.165) is 11.3 Å². The molecule has 0 spiro atoms. The Morgan fingerprint density at radius 1 is 1.56 bits per heavy atom. The van der Waals surface area contributed by atoms with Crippen LogP contribution in [0.15, 0.2) is 17.2 Å². The summed E-state index contributed by atoms with van der Waals surface area (Å²) in [5, 5.41) is 4.33. The molecule has 7 heteroatoms. The normalized spacial score (nSPS) is 10.8. The van der Waals surface area contributed by atoms with Crippen molar-refractivity contribution in [3.05, 3.63) is 23.5 Å². The quantitative estimate of drug-likeness (QED) is 0.288. The average Bonchev–Trinajstić information content (AvgIpc) is 2.28. The van der Waals surface area contributed by atoms with Crippen molar-refractivity contribution in [1.29, 1.82) is 0 Å². The molecule has 0 saturated carbocycles. The molecule has 0 saturated heterocycles. The van der Waals surface area contributed by atoms with E-state index in [2.05, 4.69) is 5.10 Å². The summed E-state index contributed by atoms with van der Waals surface area (Å²) in [5.41, 5.74) is 6.08. The monoisotopic (exact) mass is 227 g/mol. The molecule has 0 aromatic heterocycles. The molecule has 0 heterocycles. The van der Waals surface area contributed by atoms with Gasteiger partial charge in [-0.25, -0.2) is 10.2 Å². The zero-order valence-corrected chi connectivity index (χ0v) is 8.85. The summed E-state index contributed by atoms with van der Waals surface area (Å²) >= 11 is 0. The van der Waals surface area contributed by atoms with E-state index in [-0.39, 0.29) is 17.9 Å².